The van der Waals surface area contributed by atoms with Crippen LogP contribution in [0.2, 0.25) is 5.02 Å². The maximum absolute atomic E-state index is 14.7. The van der Waals surface area contributed by atoms with Gasteiger partial charge in [-0.05, 0) is 30.4 Å². The molecular weight excluding hydrogens is 442 g/mol. The summed E-state index contributed by atoms with van der Waals surface area (Å²) in [5.41, 5.74) is 0.781. The third-order valence-electron chi connectivity index (χ3n) is 5.78. The molecule has 0 spiro atoms. The molecule has 1 aromatic carbocycles. The standard InChI is InChI=1S/C20H20ClF4N3OS/c1-19(4-2-5-19)9-16(29)27-17-12(21)7-11(8-13(17)22)28-6-3-14-15(10-28)30-18(26-14)20(23,24)25/h7-8H,2-6,9-10H2,1H3,(H,27,29). The van der Waals surface area contributed by atoms with Crippen LogP contribution in [0.3, 0.4) is 0 Å². The summed E-state index contributed by atoms with van der Waals surface area (Å²) in [5.74, 6) is -0.951. The summed E-state index contributed by atoms with van der Waals surface area (Å²) in [5, 5.41) is 1.77. The fourth-order valence-corrected chi connectivity index (χ4v) is 5.17. The number of hydrogen-bond donors (Lipinski definition) is 1. The Morgan fingerprint density at radius 3 is 2.70 bits per heavy atom. The van der Waals surface area contributed by atoms with Gasteiger partial charge in [0.25, 0.3) is 0 Å². The van der Waals surface area contributed by atoms with Gasteiger partial charge in [-0.15, -0.1) is 11.3 Å². The van der Waals surface area contributed by atoms with Crippen molar-refractivity contribution in [2.45, 2.75) is 51.7 Å². The van der Waals surface area contributed by atoms with E-state index in [-0.39, 0.29) is 28.6 Å². The zero-order chi connectivity index (χ0) is 21.7. The summed E-state index contributed by atoms with van der Waals surface area (Å²) < 4.78 is 53.5. The van der Waals surface area contributed by atoms with Crippen LogP contribution in [0, 0.1) is 11.2 Å². The molecule has 2 aliphatic rings. The van der Waals surface area contributed by atoms with Crippen LogP contribution in [0.4, 0.5) is 28.9 Å². The molecule has 2 heterocycles. The summed E-state index contributed by atoms with van der Waals surface area (Å²) in [7, 11) is 0. The number of nitrogens with zero attached hydrogens (tertiary/aromatic N) is 2. The maximum atomic E-state index is 14.7. The number of alkyl halides is 3. The quantitative estimate of drug-likeness (QED) is 0.565. The van der Waals surface area contributed by atoms with Gasteiger partial charge in [0.15, 0.2) is 5.01 Å². The molecule has 1 amide bonds. The fraction of sp³-hybridized carbons (Fsp3) is 0.500. The minimum Gasteiger partial charge on any atom is -0.366 e. The Balaban J connectivity index is 1.49. The van der Waals surface area contributed by atoms with Crippen LogP contribution in [-0.2, 0) is 23.9 Å². The molecular formula is C20H20ClF4N3OS. The number of aromatic nitrogens is 1. The lowest BCUT2D eigenvalue weighted by molar-refractivity contribution is -0.137. The minimum atomic E-state index is -4.47. The molecule has 1 saturated carbocycles. The summed E-state index contributed by atoms with van der Waals surface area (Å²) in [6, 6.07) is 2.78. The average Bonchev–Trinajstić information content (AvgIpc) is 3.07. The molecule has 10 heteroatoms. The second-order valence-electron chi connectivity index (χ2n) is 8.23. The molecule has 4 rings (SSSR count). The van der Waals surface area contributed by atoms with Gasteiger partial charge >= 0.3 is 6.18 Å². The van der Waals surface area contributed by atoms with Crippen LogP contribution in [0.1, 0.15) is 48.2 Å². The Morgan fingerprint density at radius 1 is 1.37 bits per heavy atom. The van der Waals surface area contributed by atoms with E-state index in [0.29, 0.717) is 47.0 Å². The average molecular weight is 462 g/mol. The Hall–Kier alpha value is -1.87. The summed E-state index contributed by atoms with van der Waals surface area (Å²) in [6.45, 7) is 2.63. The van der Waals surface area contributed by atoms with E-state index in [1.165, 1.54) is 12.1 Å². The minimum absolute atomic E-state index is 0.0392. The molecule has 0 atom stereocenters. The molecule has 30 heavy (non-hydrogen) atoms. The monoisotopic (exact) mass is 461 g/mol. The van der Waals surface area contributed by atoms with Gasteiger partial charge in [0, 0.05) is 30.0 Å². The Bertz CT molecular complexity index is 964. The summed E-state index contributed by atoms with van der Waals surface area (Å²) in [6.07, 6.45) is -0.793. The third kappa shape index (κ3) is 4.27. The van der Waals surface area contributed by atoms with Gasteiger partial charge in [-0.1, -0.05) is 24.9 Å². The lowest BCUT2D eigenvalue weighted by Gasteiger charge is -2.37. The highest BCUT2D eigenvalue weighted by atomic mass is 35.5. The van der Waals surface area contributed by atoms with Crippen molar-refractivity contribution in [3.63, 3.8) is 0 Å². The number of benzene rings is 1. The van der Waals surface area contributed by atoms with E-state index in [0.717, 1.165) is 19.3 Å². The van der Waals surface area contributed by atoms with Gasteiger partial charge in [0.1, 0.15) is 5.82 Å². The molecule has 0 unspecified atom stereocenters. The fourth-order valence-electron chi connectivity index (χ4n) is 3.93. The molecule has 1 fully saturated rings. The van der Waals surface area contributed by atoms with Crippen molar-refractivity contribution in [2.75, 3.05) is 16.8 Å². The number of carbonyl (C=O) groups is 1. The number of nitrogens with one attached hydrogen (secondary N) is 1. The van der Waals surface area contributed by atoms with Crippen molar-refractivity contribution < 1.29 is 22.4 Å². The number of fused-ring (bicyclic) bond motifs is 1. The Labute approximate surface area is 180 Å². The highest BCUT2D eigenvalue weighted by Crippen LogP contribution is 2.44. The molecule has 1 aliphatic heterocycles. The van der Waals surface area contributed by atoms with Crippen LogP contribution in [0.25, 0.3) is 0 Å². The topological polar surface area (TPSA) is 45.2 Å². The van der Waals surface area contributed by atoms with E-state index in [1.54, 1.807) is 4.90 Å². The van der Waals surface area contributed by atoms with Crippen LogP contribution in [-0.4, -0.2) is 17.4 Å². The van der Waals surface area contributed by atoms with Gasteiger partial charge in [0.2, 0.25) is 5.91 Å². The van der Waals surface area contributed by atoms with Gasteiger partial charge in [0.05, 0.1) is 22.9 Å². The van der Waals surface area contributed by atoms with E-state index in [2.05, 4.69) is 10.3 Å². The highest BCUT2D eigenvalue weighted by Gasteiger charge is 2.37. The van der Waals surface area contributed by atoms with Gasteiger partial charge in [-0.3, -0.25) is 4.79 Å². The number of rotatable bonds is 4. The van der Waals surface area contributed by atoms with E-state index in [1.807, 2.05) is 6.92 Å². The first-order valence-electron chi connectivity index (χ1n) is 9.64. The van der Waals surface area contributed by atoms with E-state index in [9.17, 15) is 22.4 Å². The van der Waals surface area contributed by atoms with Crippen molar-refractivity contribution in [1.82, 2.24) is 4.98 Å². The van der Waals surface area contributed by atoms with Crippen molar-refractivity contribution in [1.29, 1.82) is 0 Å². The Morgan fingerprint density at radius 2 is 2.10 bits per heavy atom. The molecule has 4 nitrogen and oxygen atoms in total. The summed E-state index contributed by atoms with van der Waals surface area (Å²) in [4.78, 5) is 18.3. The first-order chi connectivity index (χ1) is 14.0. The van der Waals surface area contributed by atoms with Crippen LogP contribution in [0.5, 0.6) is 0 Å². The molecule has 2 aromatic rings. The Kier molecular flexibility index (Phi) is 5.47. The van der Waals surface area contributed by atoms with E-state index >= 15 is 0 Å². The molecule has 0 radical (unpaired) electrons. The van der Waals surface area contributed by atoms with E-state index < -0.39 is 17.0 Å². The van der Waals surface area contributed by atoms with Crippen LogP contribution in [0.15, 0.2) is 12.1 Å². The zero-order valence-electron chi connectivity index (χ0n) is 16.2. The first kappa shape index (κ1) is 21.4. The van der Waals surface area contributed by atoms with Crippen LogP contribution >= 0.6 is 22.9 Å². The number of thiazole rings is 1. The number of amides is 1. The number of anilines is 2. The van der Waals surface area contributed by atoms with E-state index in [4.69, 9.17) is 11.6 Å². The predicted molar refractivity (Wildman–Crippen MR) is 108 cm³/mol. The molecule has 1 aliphatic carbocycles. The van der Waals surface area contributed by atoms with Crippen molar-refractivity contribution >= 4 is 40.2 Å². The number of hydrogen-bond acceptors (Lipinski definition) is 4. The third-order valence-corrected chi connectivity index (χ3v) is 7.20. The smallest absolute Gasteiger partial charge is 0.366 e. The largest absolute Gasteiger partial charge is 0.443 e. The number of carbonyl (C=O) groups excluding carboxylic acids is 1. The lowest BCUT2D eigenvalue weighted by Crippen LogP contribution is -2.31. The summed E-state index contributed by atoms with van der Waals surface area (Å²) >= 11 is 6.85. The lowest BCUT2D eigenvalue weighted by atomic mass is 9.68. The van der Waals surface area contributed by atoms with Crippen molar-refractivity contribution in [3.05, 3.63) is 38.6 Å². The molecule has 1 aromatic heterocycles. The van der Waals surface area contributed by atoms with Crippen molar-refractivity contribution in [3.8, 4) is 0 Å². The molecule has 0 bridgehead atoms. The van der Waals surface area contributed by atoms with Gasteiger partial charge in [-0.2, -0.15) is 13.2 Å². The normalized spacial score (nSPS) is 18.0. The SMILES string of the molecule is CC1(CC(=O)Nc2c(F)cc(N3CCc4nc(C(F)(F)F)sc4C3)cc2Cl)CCC1. The zero-order valence-corrected chi connectivity index (χ0v) is 17.8. The molecule has 162 valence electrons. The highest BCUT2D eigenvalue weighted by molar-refractivity contribution is 7.11. The molecule has 1 N–H and O–H groups in total. The first-order valence-corrected chi connectivity index (χ1v) is 10.8. The van der Waals surface area contributed by atoms with Gasteiger partial charge in [-0.25, -0.2) is 9.37 Å². The van der Waals surface area contributed by atoms with Crippen LogP contribution < -0.4 is 10.2 Å². The molecule has 0 saturated heterocycles. The second-order valence-corrected chi connectivity index (χ2v) is 9.72. The number of halogens is 5. The van der Waals surface area contributed by atoms with Crippen molar-refractivity contribution in [2.24, 2.45) is 5.41 Å². The maximum Gasteiger partial charge on any atom is 0.443 e. The van der Waals surface area contributed by atoms with Gasteiger partial charge < -0.3 is 10.2 Å². The predicted octanol–water partition coefficient (Wildman–Crippen LogP) is 6.04. The second kappa shape index (κ2) is 7.67.